The summed E-state index contributed by atoms with van der Waals surface area (Å²) in [4.78, 5) is 21.7. The van der Waals surface area contributed by atoms with Gasteiger partial charge in [-0.3, -0.25) is 4.99 Å². The highest BCUT2D eigenvalue weighted by molar-refractivity contribution is 7.09. The third-order valence-corrected chi connectivity index (χ3v) is 5.02. The monoisotopic (exact) mass is 435 g/mol. The van der Waals surface area contributed by atoms with Crippen LogP contribution in [0.2, 0.25) is 0 Å². The third-order valence-electron chi connectivity index (χ3n) is 4.11. The summed E-state index contributed by atoms with van der Waals surface area (Å²) in [7, 11) is 1.62. The Bertz CT molecular complexity index is 715. The molecule has 1 fully saturated rings. The quantitative estimate of drug-likeness (QED) is 0.561. The summed E-state index contributed by atoms with van der Waals surface area (Å²) in [5.74, 6) is 0.536. The Kier molecular flexibility index (Phi) is 7.73. The van der Waals surface area contributed by atoms with Gasteiger partial charge in [-0.05, 0) is 33.6 Å². The van der Waals surface area contributed by atoms with Gasteiger partial charge >= 0.3 is 12.3 Å². The summed E-state index contributed by atoms with van der Waals surface area (Å²) in [5.41, 5.74) is -1.40. The van der Waals surface area contributed by atoms with E-state index in [1.54, 1.807) is 11.9 Å². The molecule has 1 atom stereocenters. The first kappa shape index (κ1) is 23.2. The fourth-order valence-electron chi connectivity index (χ4n) is 2.82. The van der Waals surface area contributed by atoms with Gasteiger partial charge in [0.15, 0.2) is 11.7 Å². The number of carbonyl (C=O) groups excluding carboxylic acids is 1. The molecule has 2 rings (SSSR count). The van der Waals surface area contributed by atoms with Crippen LogP contribution in [-0.2, 0) is 17.3 Å². The van der Waals surface area contributed by atoms with Crippen LogP contribution < -0.4 is 10.6 Å². The fourth-order valence-corrected chi connectivity index (χ4v) is 3.62. The molecule has 0 bridgehead atoms. The summed E-state index contributed by atoms with van der Waals surface area (Å²) in [6.07, 6.45) is -2.68. The SMILES string of the molecule is CN=C(NCCc1nc(C(F)(F)F)cs1)NC1CCCN(C(=O)OC(C)(C)C)C1. The van der Waals surface area contributed by atoms with Gasteiger partial charge in [-0.25, -0.2) is 9.78 Å². The van der Waals surface area contributed by atoms with Gasteiger partial charge in [0.25, 0.3) is 0 Å². The zero-order valence-electron chi connectivity index (χ0n) is 17.1. The van der Waals surface area contributed by atoms with E-state index in [2.05, 4.69) is 20.6 Å². The Labute approximate surface area is 172 Å². The molecule has 11 heteroatoms. The van der Waals surface area contributed by atoms with Gasteiger partial charge in [-0.15, -0.1) is 11.3 Å². The van der Waals surface area contributed by atoms with Gasteiger partial charge in [0.1, 0.15) is 5.60 Å². The van der Waals surface area contributed by atoms with Crippen LogP contribution in [0.4, 0.5) is 18.0 Å². The molecule has 7 nitrogen and oxygen atoms in total. The summed E-state index contributed by atoms with van der Waals surface area (Å²) < 4.78 is 43.2. The maximum absolute atomic E-state index is 12.6. The van der Waals surface area contributed by atoms with Crippen LogP contribution in [0.3, 0.4) is 0 Å². The highest BCUT2D eigenvalue weighted by Gasteiger charge is 2.33. The highest BCUT2D eigenvalue weighted by atomic mass is 32.1. The maximum atomic E-state index is 12.6. The van der Waals surface area contributed by atoms with Crippen molar-refractivity contribution in [1.82, 2.24) is 20.5 Å². The van der Waals surface area contributed by atoms with E-state index >= 15 is 0 Å². The molecule has 1 aromatic rings. The molecule has 1 aromatic heterocycles. The van der Waals surface area contributed by atoms with Crippen molar-refractivity contribution in [2.45, 2.75) is 57.9 Å². The Morgan fingerprint density at radius 1 is 1.41 bits per heavy atom. The van der Waals surface area contributed by atoms with Crippen molar-refractivity contribution in [1.29, 1.82) is 0 Å². The molecule has 1 amide bonds. The number of nitrogens with one attached hydrogen (secondary N) is 2. The molecule has 29 heavy (non-hydrogen) atoms. The lowest BCUT2D eigenvalue weighted by Crippen LogP contribution is -2.53. The topological polar surface area (TPSA) is 78.9 Å². The molecular weight excluding hydrogens is 407 g/mol. The molecule has 0 radical (unpaired) electrons. The van der Waals surface area contributed by atoms with Crippen molar-refractivity contribution in [3.63, 3.8) is 0 Å². The van der Waals surface area contributed by atoms with Crippen LogP contribution in [-0.4, -0.2) is 60.3 Å². The smallest absolute Gasteiger partial charge is 0.434 e. The summed E-state index contributed by atoms with van der Waals surface area (Å²) in [6.45, 7) is 7.03. The zero-order valence-corrected chi connectivity index (χ0v) is 17.9. The summed E-state index contributed by atoms with van der Waals surface area (Å²) in [5, 5.41) is 7.78. The van der Waals surface area contributed by atoms with E-state index in [4.69, 9.17) is 4.74 Å². The molecule has 1 saturated heterocycles. The first-order valence-electron chi connectivity index (χ1n) is 9.44. The van der Waals surface area contributed by atoms with Gasteiger partial charge in [-0.2, -0.15) is 13.2 Å². The van der Waals surface area contributed by atoms with Gasteiger partial charge in [0.05, 0.1) is 5.01 Å². The molecule has 164 valence electrons. The maximum Gasteiger partial charge on any atom is 0.434 e. The molecule has 0 spiro atoms. The normalized spacial score (nSPS) is 18.5. The van der Waals surface area contributed by atoms with Crippen molar-refractivity contribution < 1.29 is 22.7 Å². The largest absolute Gasteiger partial charge is 0.444 e. The Balaban J connectivity index is 1.80. The number of piperidine rings is 1. The minimum absolute atomic E-state index is 0.0131. The van der Waals surface area contributed by atoms with E-state index in [1.807, 2.05) is 20.8 Å². The number of amides is 1. The fraction of sp³-hybridized carbons (Fsp3) is 0.722. The number of guanidine groups is 1. The van der Waals surface area contributed by atoms with E-state index in [9.17, 15) is 18.0 Å². The Hall–Kier alpha value is -2.04. The molecule has 1 unspecified atom stereocenters. The van der Waals surface area contributed by atoms with Crippen LogP contribution in [0.25, 0.3) is 0 Å². The zero-order chi connectivity index (χ0) is 21.7. The second kappa shape index (κ2) is 9.64. The number of aromatic nitrogens is 1. The standard InChI is InChI=1S/C18H28F3N5O2S/c1-17(2,3)28-16(27)26-9-5-6-12(10-26)24-15(22-4)23-8-7-14-25-13(11-29-14)18(19,20)21/h11-12H,5-10H2,1-4H3,(H2,22,23,24). The van der Waals surface area contributed by atoms with Gasteiger partial charge in [0.2, 0.25) is 0 Å². The van der Waals surface area contributed by atoms with Crippen molar-refractivity contribution in [3.8, 4) is 0 Å². The highest BCUT2D eigenvalue weighted by Crippen LogP contribution is 2.30. The molecule has 0 saturated carbocycles. The number of hydrogen-bond acceptors (Lipinski definition) is 5. The number of ether oxygens (including phenoxy) is 1. The van der Waals surface area contributed by atoms with E-state index in [0.29, 0.717) is 37.0 Å². The van der Waals surface area contributed by atoms with Crippen molar-refractivity contribution >= 4 is 23.4 Å². The first-order chi connectivity index (χ1) is 13.5. The average molecular weight is 436 g/mol. The molecule has 0 aromatic carbocycles. The number of halogens is 3. The Morgan fingerprint density at radius 3 is 2.72 bits per heavy atom. The van der Waals surface area contributed by atoms with Crippen LogP contribution in [0, 0.1) is 0 Å². The predicted octanol–water partition coefficient (Wildman–Crippen LogP) is 3.27. The third kappa shape index (κ3) is 7.71. The number of nitrogens with zero attached hydrogens (tertiary/aromatic N) is 3. The lowest BCUT2D eigenvalue weighted by Gasteiger charge is -2.35. The minimum atomic E-state index is -4.42. The number of carbonyl (C=O) groups is 1. The van der Waals surface area contributed by atoms with E-state index in [1.165, 1.54) is 0 Å². The second-order valence-corrected chi connectivity index (χ2v) is 8.73. The van der Waals surface area contributed by atoms with Crippen LogP contribution >= 0.6 is 11.3 Å². The van der Waals surface area contributed by atoms with Crippen molar-refractivity contribution in [2.75, 3.05) is 26.7 Å². The Morgan fingerprint density at radius 2 is 2.14 bits per heavy atom. The van der Waals surface area contributed by atoms with Gasteiger partial charge in [-0.1, -0.05) is 0 Å². The lowest BCUT2D eigenvalue weighted by atomic mass is 10.1. The van der Waals surface area contributed by atoms with Gasteiger partial charge < -0.3 is 20.3 Å². The molecule has 1 aliphatic rings. The number of alkyl halides is 3. The number of likely N-dealkylation sites (tertiary alicyclic amines) is 1. The van der Waals surface area contributed by atoms with Crippen molar-refractivity contribution in [3.05, 3.63) is 16.1 Å². The predicted molar refractivity (Wildman–Crippen MR) is 106 cm³/mol. The van der Waals surface area contributed by atoms with Crippen LogP contribution in [0.1, 0.15) is 44.3 Å². The van der Waals surface area contributed by atoms with E-state index in [-0.39, 0.29) is 12.1 Å². The number of thiazole rings is 1. The molecule has 0 aliphatic carbocycles. The molecular formula is C18H28F3N5O2S. The second-order valence-electron chi connectivity index (χ2n) is 7.78. The van der Waals surface area contributed by atoms with Crippen LogP contribution in [0.15, 0.2) is 10.4 Å². The first-order valence-corrected chi connectivity index (χ1v) is 10.3. The molecule has 2 heterocycles. The summed E-state index contributed by atoms with van der Waals surface area (Å²) in [6, 6.07) is 0.0131. The summed E-state index contributed by atoms with van der Waals surface area (Å²) >= 11 is 0.990. The van der Waals surface area contributed by atoms with Crippen molar-refractivity contribution in [2.24, 2.45) is 4.99 Å². The van der Waals surface area contributed by atoms with Gasteiger partial charge in [0, 0.05) is 44.5 Å². The molecule has 2 N–H and O–H groups in total. The van der Waals surface area contributed by atoms with E-state index in [0.717, 1.165) is 29.6 Å². The lowest BCUT2D eigenvalue weighted by molar-refractivity contribution is -0.140. The number of aliphatic imine (C=N–C) groups is 1. The molecule has 1 aliphatic heterocycles. The minimum Gasteiger partial charge on any atom is -0.444 e. The number of hydrogen-bond donors (Lipinski definition) is 2. The van der Waals surface area contributed by atoms with Crippen LogP contribution in [0.5, 0.6) is 0 Å². The van der Waals surface area contributed by atoms with E-state index < -0.39 is 17.5 Å². The average Bonchev–Trinajstić information content (AvgIpc) is 3.09. The number of rotatable bonds is 4.